The number of halogens is 3. The summed E-state index contributed by atoms with van der Waals surface area (Å²) in [7, 11) is 0. The summed E-state index contributed by atoms with van der Waals surface area (Å²) < 4.78 is 37.1. The molecule has 2 aliphatic heterocycles. The molecule has 0 amide bonds. The second-order valence-electron chi connectivity index (χ2n) is 10.3. The quantitative estimate of drug-likeness (QED) is 0.350. The van der Waals surface area contributed by atoms with Gasteiger partial charge in [-0.25, -0.2) is 23.1 Å². The van der Waals surface area contributed by atoms with E-state index in [9.17, 15) is 14.3 Å². The van der Waals surface area contributed by atoms with Crippen molar-refractivity contribution in [2.45, 2.75) is 52.0 Å². The molecule has 0 aliphatic carbocycles. The minimum atomic E-state index is -1.31. The Bertz CT molecular complexity index is 1710. The summed E-state index contributed by atoms with van der Waals surface area (Å²) in [6, 6.07) is 3.57. The summed E-state index contributed by atoms with van der Waals surface area (Å²) in [5, 5.41) is 10.9. The van der Waals surface area contributed by atoms with E-state index in [1.807, 2.05) is 25.7 Å². The third-order valence-corrected chi connectivity index (χ3v) is 7.81. The molecule has 2 aliphatic rings. The Morgan fingerprint density at radius 1 is 1.18 bits per heavy atom. The highest BCUT2D eigenvalue weighted by atomic mass is 35.5. The van der Waals surface area contributed by atoms with E-state index in [1.54, 1.807) is 12.3 Å². The second-order valence-corrected chi connectivity index (χ2v) is 10.7. The predicted molar refractivity (Wildman–Crippen MR) is 144 cm³/mol. The molecule has 0 radical (unpaired) electrons. The molecule has 1 fully saturated rings. The highest BCUT2D eigenvalue weighted by Crippen LogP contribution is 2.47. The zero-order valence-electron chi connectivity index (χ0n) is 21.6. The lowest BCUT2D eigenvalue weighted by atomic mass is 10.0. The van der Waals surface area contributed by atoms with Crippen molar-refractivity contribution in [2.24, 2.45) is 0 Å². The van der Waals surface area contributed by atoms with Crippen LogP contribution in [0, 0.1) is 18.6 Å². The van der Waals surface area contributed by atoms with Crippen molar-refractivity contribution in [2.75, 3.05) is 18.1 Å². The topological polar surface area (TPSA) is 93.4 Å². The lowest BCUT2D eigenvalue weighted by molar-refractivity contribution is 0.267. The molecule has 3 aromatic heterocycles. The molecule has 0 saturated carbocycles. The number of anilines is 1. The number of rotatable bonds is 3. The number of benzene rings is 1. The van der Waals surface area contributed by atoms with Crippen LogP contribution in [0.15, 0.2) is 29.2 Å². The van der Waals surface area contributed by atoms with Crippen LogP contribution in [-0.4, -0.2) is 43.8 Å². The second kappa shape index (κ2) is 9.44. The molecule has 1 aromatic carbocycles. The molecule has 6 rings (SSSR count). The van der Waals surface area contributed by atoms with Crippen molar-refractivity contribution < 1.29 is 18.6 Å². The van der Waals surface area contributed by atoms with Crippen molar-refractivity contribution >= 4 is 28.5 Å². The van der Waals surface area contributed by atoms with Crippen LogP contribution in [0.5, 0.6) is 11.5 Å². The van der Waals surface area contributed by atoms with Crippen molar-refractivity contribution in [3.63, 3.8) is 0 Å². The van der Waals surface area contributed by atoms with Gasteiger partial charge in [0.05, 0.1) is 23.0 Å². The number of aryl methyl sites for hydroxylation is 1. The minimum Gasteiger partial charge on any atom is -0.507 e. The molecule has 1 atom stereocenters. The highest BCUT2D eigenvalue weighted by molar-refractivity contribution is 6.36. The summed E-state index contributed by atoms with van der Waals surface area (Å²) in [5.41, 5.74) is 0.618. The number of hydrogen-bond acceptors (Lipinski definition) is 7. The molecule has 39 heavy (non-hydrogen) atoms. The van der Waals surface area contributed by atoms with E-state index in [1.165, 1.54) is 4.57 Å². The molecule has 0 unspecified atom stereocenters. The van der Waals surface area contributed by atoms with Crippen LogP contribution in [0.3, 0.4) is 0 Å². The molecule has 8 nitrogen and oxygen atoms in total. The Labute approximate surface area is 227 Å². The van der Waals surface area contributed by atoms with Crippen LogP contribution in [0.25, 0.3) is 28.0 Å². The SMILES string of the molecule is Cc1ccnc(C(C)C)c1-n1c(=O)nc2c3c(c(Cl)c(-c4c(O)ccc(F)c4F)nc31)OC[C@@H]1CCCCN21. The van der Waals surface area contributed by atoms with E-state index in [-0.39, 0.29) is 40.7 Å². The van der Waals surface area contributed by atoms with Crippen LogP contribution in [0.4, 0.5) is 14.6 Å². The molecular formula is C28H26ClF2N5O3. The zero-order valence-corrected chi connectivity index (χ0v) is 22.4. The number of ether oxygens (including phenoxy) is 1. The third-order valence-electron chi connectivity index (χ3n) is 7.46. The van der Waals surface area contributed by atoms with Gasteiger partial charge in [-0.2, -0.15) is 4.98 Å². The number of hydrogen-bond donors (Lipinski definition) is 1. The smallest absolute Gasteiger partial charge is 0.355 e. The number of pyridine rings is 2. The van der Waals surface area contributed by atoms with Crippen LogP contribution in [-0.2, 0) is 0 Å². The van der Waals surface area contributed by atoms with Gasteiger partial charge in [0.1, 0.15) is 34.3 Å². The summed E-state index contributed by atoms with van der Waals surface area (Å²) in [5.74, 6) is -2.56. The molecule has 0 bridgehead atoms. The molecule has 0 spiro atoms. The van der Waals surface area contributed by atoms with E-state index in [2.05, 4.69) is 15.0 Å². The van der Waals surface area contributed by atoms with Crippen molar-refractivity contribution in [3.05, 3.63) is 62.8 Å². The van der Waals surface area contributed by atoms with Gasteiger partial charge in [0.25, 0.3) is 0 Å². The normalized spacial score (nSPS) is 16.8. The van der Waals surface area contributed by atoms with Crippen molar-refractivity contribution in [1.82, 2.24) is 19.5 Å². The maximum absolute atomic E-state index is 15.1. The molecule has 11 heteroatoms. The maximum atomic E-state index is 15.1. The van der Waals surface area contributed by atoms with Gasteiger partial charge in [-0.3, -0.25) is 4.98 Å². The van der Waals surface area contributed by atoms with Gasteiger partial charge in [-0.15, -0.1) is 0 Å². The van der Waals surface area contributed by atoms with Gasteiger partial charge in [0.15, 0.2) is 23.0 Å². The minimum absolute atomic E-state index is 0.0534. The third kappa shape index (κ3) is 3.92. The van der Waals surface area contributed by atoms with Crippen LogP contribution < -0.4 is 15.3 Å². The number of aromatic nitrogens is 4. The van der Waals surface area contributed by atoms with Gasteiger partial charge in [-0.1, -0.05) is 25.4 Å². The number of piperidine rings is 1. The molecule has 4 aromatic rings. The zero-order chi connectivity index (χ0) is 27.6. The fourth-order valence-electron chi connectivity index (χ4n) is 5.57. The van der Waals surface area contributed by atoms with Crippen LogP contribution in [0.2, 0.25) is 5.02 Å². The molecule has 1 N–H and O–H groups in total. The Morgan fingerprint density at radius 3 is 2.74 bits per heavy atom. The first kappa shape index (κ1) is 25.5. The Morgan fingerprint density at radius 2 is 1.97 bits per heavy atom. The van der Waals surface area contributed by atoms with E-state index in [0.717, 1.165) is 37.0 Å². The summed E-state index contributed by atoms with van der Waals surface area (Å²) in [6.07, 6.45) is 4.41. The molecule has 5 heterocycles. The molecular weight excluding hydrogens is 528 g/mol. The van der Waals surface area contributed by atoms with Gasteiger partial charge in [-0.05, 0) is 55.9 Å². The molecule has 202 valence electrons. The van der Waals surface area contributed by atoms with Crippen LogP contribution in [0.1, 0.15) is 50.3 Å². The fraction of sp³-hybridized carbons (Fsp3) is 0.357. The van der Waals surface area contributed by atoms with Crippen molar-refractivity contribution in [1.29, 1.82) is 0 Å². The van der Waals surface area contributed by atoms with Gasteiger partial charge < -0.3 is 14.7 Å². The van der Waals surface area contributed by atoms with Gasteiger partial charge >= 0.3 is 5.69 Å². The summed E-state index contributed by atoms with van der Waals surface area (Å²) in [6.45, 7) is 6.68. The first-order chi connectivity index (χ1) is 18.7. The first-order valence-corrected chi connectivity index (χ1v) is 13.3. The fourth-order valence-corrected chi connectivity index (χ4v) is 5.86. The number of phenolic OH excluding ortho intramolecular Hbond substituents is 1. The number of nitrogens with zero attached hydrogens (tertiary/aromatic N) is 5. The monoisotopic (exact) mass is 553 g/mol. The molecule has 1 saturated heterocycles. The lowest BCUT2D eigenvalue weighted by Gasteiger charge is -2.34. The Kier molecular flexibility index (Phi) is 6.17. The highest BCUT2D eigenvalue weighted by Gasteiger charge is 2.35. The number of fused-ring (bicyclic) bond motifs is 2. The number of phenols is 1. The summed E-state index contributed by atoms with van der Waals surface area (Å²) in [4.78, 5) is 29.7. The average molecular weight is 554 g/mol. The van der Waals surface area contributed by atoms with E-state index < -0.39 is 28.6 Å². The lowest BCUT2D eigenvalue weighted by Crippen LogP contribution is -2.43. The van der Waals surface area contributed by atoms with Gasteiger partial charge in [0, 0.05) is 12.7 Å². The van der Waals surface area contributed by atoms with Crippen LogP contribution >= 0.6 is 11.6 Å². The first-order valence-electron chi connectivity index (χ1n) is 12.9. The van der Waals surface area contributed by atoms with Crippen molar-refractivity contribution in [3.8, 4) is 28.4 Å². The maximum Gasteiger partial charge on any atom is 0.355 e. The number of aromatic hydroxyl groups is 1. The van der Waals surface area contributed by atoms with E-state index in [4.69, 9.17) is 16.3 Å². The van der Waals surface area contributed by atoms with E-state index >= 15 is 4.39 Å². The predicted octanol–water partition coefficient (Wildman–Crippen LogP) is 5.66. The van der Waals surface area contributed by atoms with Gasteiger partial charge in [0.2, 0.25) is 0 Å². The standard InChI is InChI=1S/C28H26ClF2N5O3/c1-13(2)22-24(14(3)9-10-32-22)36-27-19-25(20(29)23(33-27)18-17(37)8-7-16(30)21(18)31)39-12-15-6-4-5-11-35(15)26(19)34-28(36)38/h7-10,13,15,37H,4-6,11-12H2,1-3H3/t15-/m0/s1. The van der Waals surface area contributed by atoms with E-state index in [0.29, 0.717) is 29.1 Å². The average Bonchev–Trinajstić information content (AvgIpc) is 3.07. The Hall–Kier alpha value is -3.79. The Balaban J connectivity index is 1.80. The largest absolute Gasteiger partial charge is 0.507 e. The summed E-state index contributed by atoms with van der Waals surface area (Å²) >= 11 is 6.81.